The Bertz CT molecular complexity index is 819. The molecule has 4 N–H and O–H groups in total. The number of rotatable bonds is 7. The molecule has 1 unspecified atom stereocenters. The van der Waals surface area contributed by atoms with Crippen LogP contribution in [0.3, 0.4) is 0 Å². The van der Waals surface area contributed by atoms with E-state index in [9.17, 15) is 4.79 Å². The number of carbonyl (C=O) groups is 1. The summed E-state index contributed by atoms with van der Waals surface area (Å²) in [5.41, 5.74) is 8.30. The fourth-order valence-electron chi connectivity index (χ4n) is 3.06. The van der Waals surface area contributed by atoms with E-state index in [0.717, 1.165) is 11.3 Å². The molecule has 5 nitrogen and oxygen atoms in total. The molecule has 136 valence electrons. The maximum atomic E-state index is 11.0. The average molecular weight is 352 g/mol. The van der Waals surface area contributed by atoms with Crippen LogP contribution in [-0.2, 0) is 11.3 Å². The van der Waals surface area contributed by atoms with Gasteiger partial charge in [0.05, 0.1) is 35.7 Å². The molecule has 0 radical (unpaired) electrons. The van der Waals surface area contributed by atoms with Gasteiger partial charge in [-0.3, -0.25) is 0 Å². The zero-order valence-electron chi connectivity index (χ0n) is 15.0. The van der Waals surface area contributed by atoms with Gasteiger partial charge >= 0.3 is 5.97 Å². The lowest BCUT2D eigenvalue weighted by Gasteiger charge is -2.45. The molecule has 5 heteroatoms. The van der Waals surface area contributed by atoms with Crippen LogP contribution >= 0.6 is 0 Å². The number of anilines is 2. The lowest BCUT2D eigenvalue weighted by Crippen LogP contribution is -2.49. The van der Waals surface area contributed by atoms with Gasteiger partial charge in [-0.25, -0.2) is 4.79 Å². The summed E-state index contributed by atoms with van der Waals surface area (Å²) < 4.78 is 6.08. The highest BCUT2D eigenvalue weighted by Crippen LogP contribution is 2.41. The first kappa shape index (κ1) is 18.0. The average Bonchev–Trinajstić information content (AvgIpc) is 2.64. The molecule has 0 spiro atoms. The number of carboxylic acid groups (broad SMARTS) is 1. The van der Waals surface area contributed by atoms with Gasteiger partial charge in [0.25, 0.3) is 0 Å². The summed E-state index contributed by atoms with van der Waals surface area (Å²) >= 11 is 0. The number of nitrogens with one attached hydrogen (secondary N) is 1. The van der Waals surface area contributed by atoms with Gasteiger partial charge in [-0.2, -0.15) is 0 Å². The van der Waals surface area contributed by atoms with E-state index < -0.39 is 5.97 Å². The zero-order chi connectivity index (χ0) is 18.7. The van der Waals surface area contributed by atoms with Gasteiger partial charge in [-0.05, 0) is 30.7 Å². The summed E-state index contributed by atoms with van der Waals surface area (Å²) in [4.78, 5) is 11.0. The Morgan fingerprint density at radius 3 is 2.62 bits per heavy atom. The highest BCUT2D eigenvalue weighted by Gasteiger charge is 2.42. The predicted molar refractivity (Wildman–Crippen MR) is 103 cm³/mol. The van der Waals surface area contributed by atoms with Crippen LogP contribution in [0.4, 0.5) is 11.4 Å². The molecule has 1 aliphatic rings. The molecular formula is C21H24N2O3. The van der Waals surface area contributed by atoms with Gasteiger partial charge in [0, 0.05) is 5.41 Å². The minimum atomic E-state index is -0.987. The van der Waals surface area contributed by atoms with Crippen molar-refractivity contribution < 1.29 is 14.6 Å². The van der Waals surface area contributed by atoms with E-state index in [-0.39, 0.29) is 23.1 Å². The van der Waals surface area contributed by atoms with Crippen molar-refractivity contribution in [3.63, 3.8) is 0 Å². The number of aromatic carboxylic acids is 1. The summed E-state index contributed by atoms with van der Waals surface area (Å²) in [5, 5.41) is 12.4. The van der Waals surface area contributed by atoms with Crippen LogP contribution in [0.25, 0.3) is 0 Å². The van der Waals surface area contributed by atoms with E-state index in [1.807, 2.05) is 30.3 Å². The molecule has 26 heavy (non-hydrogen) atoms. The molecule has 0 fully saturated rings. The van der Waals surface area contributed by atoms with E-state index in [1.54, 1.807) is 12.1 Å². The number of hydrogen-bond donors (Lipinski definition) is 3. The van der Waals surface area contributed by atoms with Gasteiger partial charge in [-0.1, -0.05) is 49.4 Å². The summed E-state index contributed by atoms with van der Waals surface area (Å²) in [6, 6.07) is 14.9. The predicted octanol–water partition coefficient (Wildman–Crippen LogP) is 3.93. The van der Waals surface area contributed by atoms with Crippen LogP contribution < -0.4 is 11.1 Å². The van der Waals surface area contributed by atoms with Gasteiger partial charge in [0.2, 0.25) is 0 Å². The van der Waals surface area contributed by atoms with Crippen molar-refractivity contribution in [3.8, 4) is 0 Å². The van der Waals surface area contributed by atoms with Crippen molar-refractivity contribution in [2.45, 2.75) is 32.6 Å². The van der Waals surface area contributed by atoms with Crippen LogP contribution in [0.15, 0.2) is 60.7 Å². The largest absolute Gasteiger partial charge is 0.478 e. The zero-order valence-corrected chi connectivity index (χ0v) is 15.0. The van der Waals surface area contributed by atoms with Crippen LogP contribution in [0.5, 0.6) is 0 Å². The third-order valence-electron chi connectivity index (χ3n) is 5.15. The number of carboxylic acids is 1. The number of nitrogen functional groups attached to an aromatic ring is 1. The number of nitrogens with two attached hydrogens (primary N) is 1. The highest BCUT2D eigenvalue weighted by molar-refractivity contribution is 5.90. The fraction of sp³-hybridized carbons (Fsp3) is 0.286. The lowest BCUT2D eigenvalue weighted by atomic mass is 9.69. The Morgan fingerprint density at radius 2 is 2.04 bits per heavy atom. The minimum absolute atomic E-state index is 0.00437. The second-order valence-electron chi connectivity index (χ2n) is 6.89. The molecule has 0 saturated heterocycles. The number of benzene rings is 2. The monoisotopic (exact) mass is 352 g/mol. The normalized spacial score (nSPS) is 22.5. The molecule has 0 bridgehead atoms. The van der Waals surface area contributed by atoms with Crippen molar-refractivity contribution in [3.05, 3.63) is 71.8 Å². The van der Waals surface area contributed by atoms with Crippen molar-refractivity contribution >= 4 is 17.3 Å². The first-order valence-electron chi connectivity index (χ1n) is 8.64. The van der Waals surface area contributed by atoms with Crippen LogP contribution in [0.1, 0.15) is 29.8 Å². The van der Waals surface area contributed by atoms with Gasteiger partial charge < -0.3 is 20.9 Å². The molecule has 0 aromatic heterocycles. The first-order valence-corrected chi connectivity index (χ1v) is 8.64. The Labute approximate surface area is 153 Å². The smallest absolute Gasteiger partial charge is 0.335 e. The molecule has 0 heterocycles. The third-order valence-corrected chi connectivity index (χ3v) is 5.15. The standard InChI is InChI=1S/C21H24N2O3/c1-14(26-13-15-6-4-3-5-7-15)21(2)11-10-19(21)23-18-9-8-16(20(24)25)12-17(18)22/h3-12,14,19,23H,13,22H2,1-2H3,(H,24,25)/t14-,19?,21-/m0/s1. The Hall–Kier alpha value is -2.79. The Kier molecular flexibility index (Phi) is 5.00. The van der Waals surface area contributed by atoms with Gasteiger partial charge in [0.1, 0.15) is 0 Å². The maximum Gasteiger partial charge on any atom is 0.335 e. The summed E-state index contributed by atoms with van der Waals surface area (Å²) in [7, 11) is 0. The van der Waals surface area contributed by atoms with E-state index >= 15 is 0 Å². The lowest BCUT2D eigenvalue weighted by molar-refractivity contribution is -0.0201. The van der Waals surface area contributed by atoms with E-state index in [1.165, 1.54) is 6.07 Å². The van der Waals surface area contributed by atoms with E-state index in [2.05, 4.69) is 31.3 Å². The molecule has 2 aromatic carbocycles. The van der Waals surface area contributed by atoms with Crippen LogP contribution in [0, 0.1) is 5.41 Å². The fourth-order valence-corrected chi connectivity index (χ4v) is 3.06. The molecule has 3 atom stereocenters. The maximum absolute atomic E-state index is 11.0. The van der Waals surface area contributed by atoms with E-state index in [4.69, 9.17) is 15.6 Å². The van der Waals surface area contributed by atoms with E-state index in [0.29, 0.717) is 12.3 Å². The van der Waals surface area contributed by atoms with Crippen LogP contribution in [-0.4, -0.2) is 23.2 Å². The molecule has 3 rings (SSSR count). The molecule has 0 amide bonds. The van der Waals surface area contributed by atoms with Crippen molar-refractivity contribution in [1.82, 2.24) is 0 Å². The molecule has 0 aliphatic heterocycles. The van der Waals surface area contributed by atoms with Gasteiger partial charge in [-0.15, -0.1) is 0 Å². The third kappa shape index (κ3) is 3.58. The van der Waals surface area contributed by atoms with Crippen molar-refractivity contribution in [2.75, 3.05) is 11.1 Å². The SMILES string of the molecule is C[C@H](OCc1ccccc1)[C@]1(C)C=CC1Nc1ccc(C(=O)O)cc1N. The second kappa shape index (κ2) is 7.22. The van der Waals surface area contributed by atoms with Gasteiger partial charge in [0.15, 0.2) is 0 Å². The Morgan fingerprint density at radius 1 is 1.31 bits per heavy atom. The quantitative estimate of drug-likeness (QED) is 0.519. The van der Waals surface area contributed by atoms with Crippen LogP contribution in [0.2, 0.25) is 0 Å². The molecule has 2 aromatic rings. The molecule has 0 saturated carbocycles. The number of ether oxygens (including phenoxy) is 1. The summed E-state index contributed by atoms with van der Waals surface area (Å²) in [5.74, 6) is -0.987. The molecule has 1 aliphatic carbocycles. The second-order valence-corrected chi connectivity index (χ2v) is 6.89. The van der Waals surface area contributed by atoms with Crippen molar-refractivity contribution in [2.24, 2.45) is 5.41 Å². The first-order chi connectivity index (χ1) is 12.4. The topological polar surface area (TPSA) is 84.6 Å². The van der Waals surface area contributed by atoms with Crippen molar-refractivity contribution in [1.29, 1.82) is 0 Å². The molecular weight excluding hydrogens is 328 g/mol. The minimum Gasteiger partial charge on any atom is -0.478 e. The Balaban J connectivity index is 1.64. The highest BCUT2D eigenvalue weighted by atomic mass is 16.5. The summed E-state index contributed by atoms with van der Waals surface area (Å²) in [6.07, 6.45) is 4.22. The summed E-state index contributed by atoms with van der Waals surface area (Å²) in [6.45, 7) is 4.77. The number of hydrogen-bond acceptors (Lipinski definition) is 4.